The van der Waals surface area contributed by atoms with E-state index < -0.39 is 40.2 Å². The van der Waals surface area contributed by atoms with Crippen LogP contribution in [0.25, 0.3) is 0 Å². The van der Waals surface area contributed by atoms with Gasteiger partial charge in [0.1, 0.15) is 5.56 Å². The smallest absolute Gasteiger partial charge is 0.199 e. The van der Waals surface area contributed by atoms with Gasteiger partial charge in [-0.15, -0.1) is 0 Å². The van der Waals surface area contributed by atoms with Crippen LogP contribution in [0.5, 0.6) is 11.5 Å². The Kier molecular flexibility index (Phi) is 4.89. The average molecular weight is 449 g/mol. The molecular weight excluding hydrogens is 434 g/mol. The van der Waals surface area contributed by atoms with Gasteiger partial charge in [0.15, 0.2) is 40.6 Å². The van der Waals surface area contributed by atoms with E-state index in [1.54, 1.807) is 18.2 Å². The molecule has 0 atom stereocenters. The van der Waals surface area contributed by atoms with Crippen LogP contribution in [0.3, 0.4) is 0 Å². The number of rotatable bonds is 3. The summed E-state index contributed by atoms with van der Waals surface area (Å²) >= 11 is 0. The minimum atomic E-state index is -1.72. The number of hydrogen-bond acceptors (Lipinski definition) is 3. The molecule has 0 amide bonds. The van der Waals surface area contributed by atoms with Crippen molar-refractivity contribution in [3.63, 3.8) is 0 Å². The lowest BCUT2D eigenvalue weighted by Gasteiger charge is -2.32. The zero-order chi connectivity index (χ0) is 23.3. The summed E-state index contributed by atoms with van der Waals surface area (Å²) in [6.07, 6.45) is 0. The summed E-state index contributed by atoms with van der Waals surface area (Å²) < 4.78 is 63.0. The Morgan fingerprint density at radius 1 is 0.727 bits per heavy atom. The Balaban J connectivity index is 1.65. The number of ether oxygens (including phenoxy) is 1. The maximum atomic E-state index is 14.5. The number of benzene rings is 4. The fourth-order valence-electron chi connectivity index (χ4n) is 3.85. The lowest BCUT2D eigenvalue weighted by Crippen LogP contribution is -2.17. The molecule has 0 fully saturated rings. The highest BCUT2D eigenvalue weighted by Gasteiger charge is 2.30. The van der Waals surface area contributed by atoms with Gasteiger partial charge in [-0.1, -0.05) is 36.4 Å². The molecule has 0 spiro atoms. The molecule has 7 heteroatoms. The molecule has 3 nitrogen and oxygen atoms in total. The number of para-hydroxylation sites is 4. The molecule has 0 aliphatic carbocycles. The standard InChI is InChI=1S/C26H15F4NO2/c1-14-22(27)24(29)21(25(30)23(14)28)26(32)15-7-6-8-16(13-15)31-17-9-2-4-11-19(17)33-20-12-5-3-10-18(20)31/h2-13H,1H3. The molecule has 0 bridgehead atoms. The van der Waals surface area contributed by atoms with Gasteiger partial charge >= 0.3 is 0 Å². The van der Waals surface area contributed by atoms with Gasteiger partial charge in [-0.3, -0.25) is 4.79 Å². The summed E-state index contributed by atoms with van der Waals surface area (Å²) in [7, 11) is 0. The molecule has 1 heterocycles. The zero-order valence-corrected chi connectivity index (χ0v) is 17.2. The second-order valence-corrected chi connectivity index (χ2v) is 7.51. The molecule has 1 aliphatic rings. The van der Waals surface area contributed by atoms with Crippen LogP contribution in [0.4, 0.5) is 34.6 Å². The van der Waals surface area contributed by atoms with Gasteiger partial charge in [-0.25, -0.2) is 17.6 Å². The van der Waals surface area contributed by atoms with Crippen molar-refractivity contribution in [3.05, 3.63) is 113 Å². The normalized spacial score (nSPS) is 12.1. The fraction of sp³-hybridized carbons (Fsp3) is 0.0385. The van der Waals surface area contributed by atoms with Crippen LogP contribution in [-0.4, -0.2) is 5.78 Å². The Labute approximate surface area is 186 Å². The van der Waals surface area contributed by atoms with Crippen molar-refractivity contribution in [2.24, 2.45) is 0 Å². The van der Waals surface area contributed by atoms with Gasteiger partial charge in [0.2, 0.25) is 0 Å². The Hall–Kier alpha value is -4.13. The number of halogens is 4. The number of carbonyl (C=O) groups excluding carboxylic acids is 1. The van der Waals surface area contributed by atoms with E-state index in [0.29, 0.717) is 28.6 Å². The molecule has 164 valence electrons. The second-order valence-electron chi connectivity index (χ2n) is 7.51. The lowest BCUT2D eigenvalue weighted by atomic mass is 9.99. The summed E-state index contributed by atoms with van der Waals surface area (Å²) in [5.41, 5.74) is -0.351. The van der Waals surface area contributed by atoms with Crippen molar-refractivity contribution >= 4 is 22.8 Å². The van der Waals surface area contributed by atoms with E-state index in [1.165, 1.54) is 18.2 Å². The maximum absolute atomic E-state index is 14.5. The van der Waals surface area contributed by atoms with E-state index in [2.05, 4.69) is 0 Å². The van der Waals surface area contributed by atoms with Crippen molar-refractivity contribution in [2.75, 3.05) is 4.90 Å². The van der Waals surface area contributed by atoms with Crippen molar-refractivity contribution in [3.8, 4) is 11.5 Å². The number of anilines is 3. The van der Waals surface area contributed by atoms with Crippen molar-refractivity contribution in [2.45, 2.75) is 6.92 Å². The van der Waals surface area contributed by atoms with Gasteiger partial charge in [-0.2, -0.15) is 0 Å². The summed E-state index contributed by atoms with van der Waals surface area (Å²) in [6, 6.07) is 20.5. The number of ketones is 1. The minimum absolute atomic E-state index is 0.130. The molecule has 0 saturated carbocycles. The fourth-order valence-corrected chi connectivity index (χ4v) is 3.85. The molecule has 0 N–H and O–H groups in total. The molecule has 33 heavy (non-hydrogen) atoms. The summed E-state index contributed by atoms with van der Waals surface area (Å²) in [5.74, 6) is -6.64. The van der Waals surface area contributed by atoms with Gasteiger partial charge in [0.25, 0.3) is 0 Å². The Morgan fingerprint density at radius 3 is 1.85 bits per heavy atom. The van der Waals surface area contributed by atoms with E-state index in [1.807, 2.05) is 41.3 Å². The van der Waals surface area contributed by atoms with E-state index in [9.17, 15) is 22.4 Å². The van der Waals surface area contributed by atoms with E-state index in [4.69, 9.17) is 4.74 Å². The van der Waals surface area contributed by atoms with Crippen LogP contribution < -0.4 is 9.64 Å². The number of nitrogens with zero attached hydrogens (tertiary/aromatic N) is 1. The first-order valence-electron chi connectivity index (χ1n) is 10.0. The number of hydrogen-bond donors (Lipinski definition) is 0. The molecule has 0 saturated heterocycles. The Bertz CT molecular complexity index is 1360. The lowest BCUT2D eigenvalue weighted by molar-refractivity contribution is 0.102. The summed E-state index contributed by atoms with van der Waals surface area (Å²) in [5, 5.41) is 0. The third-order valence-electron chi connectivity index (χ3n) is 5.51. The van der Waals surface area contributed by atoms with Gasteiger partial charge in [-0.05, 0) is 43.3 Å². The monoisotopic (exact) mass is 449 g/mol. The molecular formula is C26H15F4NO2. The van der Waals surface area contributed by atoms with Crippen LogP contribution in [-0.2, 0) is 0 Å². The zero-order valence-electron chi connectivity index (χ0n) is 17.2. The molecule has 0 aromatic heterocycles. The van der Waals surface area contributed by atoms with Crippen molar-refractivity contribution < 1.29 is 27.1 Å². The molecule has 1 aliphatic heterocycles. The molecule has 5 rings (SSSR count). The molecule has 4 aromatic rings. The SMILES string of the molecule is Cc1c(F)c(F)c(C(=O)c2cccc(N3c4ccccc4Oc4ccccc43)c2)c(F)c1F. The van der Waals surface area contributed by atoms with Crippen molar-refractivity contribution in [1.82, 2.24) is 0 Å². The molecule has 0 radical (unpaired) electrons. The van der Waals surface area contributed by atoms with Crippen LogP contribution in [0.1, 0.15) is 21.5 Å². The highest BCUT2D eigenvalue weighted by atomic mass is 19.2. The second kappa shape index (κ2) is 7.78. The van der Waals surface area contributed by atoms with Crippen molar-refractivity contribution in [1.29, 1.82) is 0 Å². The largest absolute Gasteiger partial charge is 0.453 e. The van der Waals surface area contributed by atoms with Gasteiger partial charge in [0, 0.05) is 16.8 Å². The van der Waals surface area contributed by atoms with E-state index in [0.717, 1.165) is 6.92 Å². The topological polar surface area (TPSA) is 29.5 Å². The highest BCUT2D eigenvalue weighted by molar-refractivity contribution is 6.10. The first-order chi connectivity index (χ1) is 15.9. The first kappa shape index (κ1) is 20.8. The quantitative estimate of drug-likeness (QED) is 0.164. The average Bonchev–Trinajstić information content (AvgIpc) is 2.85. The summed E-state index contributed by atoms with van der Waals surface area (Å²) in [6.45, 7) is 0.902. The Morgan fingerprint density at radius 2 is 1.27 bits per heavy atom. The van der Waals surface area contributed by atoms with Crippen LogP contribution in [0.2, 0.25) is 0 Å². The van der Waals surface area contributed by atoms with E-state index in [-0.39, 0.29) is 5.56 Å². The predicted octanol–water partition coefficient (Wildman–Crippen LogP) is 7.36. The van der Waals surface area contributed by atoms with Gasteiger partial charge < -0.3 is 9.64 Å². The first-order valence-corrected chi connectivity index (χ1v) is 10.0. The minimum Gasteiger partial charge on any atom is -0.453 e. The van der Waals surface area contributed by atoms with E-state index >= 15 is 0 Å². The number of carbonyl (C=O) groups is 1. The summed E-state index contributed by atoms with van der Waals surface area (Å²) in [4.78, 5) is 14.8. The maximum Gasteiger partial charge on any atom is 0.199 e. The predicted molar refractivity (Wildman–Crippen MR) is 116 cm³/mol. The third kappa shape index (κ3) is 3.24. The third-order valence-corrected chi connectivity index (χ3v) is 5.51. The van der Waals surface area contributed by atoms with Gasteiger partial charge in [0.05, 0.1) is 11.4 Å². The molecule has 4 aromatic carbocycles. The van der Waals surface area contributed by atoms with Crippen LogP contribution >= 0.6 is 0 Å². The highest BCUT2D eigenvalue weighted by Crippen LogP contribution is 2.50. The van der Waals surface area contributed by atoms with Crippen LogP contribution in [0, 0.1) is 30.2 Å². The van der Waals surface area contributed by atoms with Crippen LogP contribution in [0.15, 0.2) is 72.8 Å². The molecule has 0 unspecified atom stereocenters. The number of fused-ring (bicyclic) bond motifs is 2.